The largest absolute Gasteiger partial charge is 0.504 e. The highest BCUT2D eigenvalue weighted by molar-refractivity contribution is 8.00. The summed E-state index contributed by atoms with van der Waals surface area (Å²) in [7, 11) is 3.68. The maximum atomic E-state index is 14.3. The van der Waals surface area contributed by atoms with Gasteiger partial charge in [0.05, 0.1) is 26.3 Å². The van der Waals surface area contributed by atoms with Gasteiger partial charge in [-0.2, -0.15) is 0 Å². The van der Waals surface area contributed by atoms with Crippen LogP contribution in [0.1, 0.15) is 88.9 Å². The van der Waals surface area contributed by atoms with Gasteiger partial charge in [0.1, 0.15) is 59.5 Å². The average Bonchev–Trinajstić information content (AvgIpc) is 3.77. The van der Waals surface area contributed by atoms with Gasteiger partial charge in [-0.25, -0.2) is 19.4 Å². The Morgan fingerprint density at radius 2 is 1.60 bits per heavy atom. The zero-order chi connectivity index (χ0) is 52.3. The average molecular weight is 1030 g/mol. The highest BCUT2D eigenvalue weighted by Crippen LogP contribution is 2.42. The van der Waals surface area contributed by atoms with Crippen LogP contribution in [-0.2, 0) is 64.3 Å². The predicted octanol–water partition coefficient (Wildman–Crippen LogP) is 7.56. The molecule has 0 bridgehead atoms. The number of thiazole rings is 1. The first-order valence-electron chi connectivity index (χ1n) is 23.2. The zero-order valence-electron chi connectivity index (χ0n) is 42.0. The van der Waals surface area contributed by atoms with E-state index in [1.54, 1.807) is 79.0 Å². The highest BCUT2D eigenvalue weighted by atomic mass is 32.2. The maximum Gasteiger partial charge on any atom is 0.413 e. The lowest BCUT2D eigenvalue weighted by Crippen LogP contribution is -2.71. The van der Waals surface area contributed by atoms with Crippen LogP contribution in [0.5, 0.6) is 17.2 Å². The van der Waals surface area contributed by atoms with Gasteiger partial charge in [0.15, 0.2) is 22.3 Å². The minimum absolute atomic E-state index is 0.0291. The summed E-state index contributed by atoms with van der Waals surface area (Å²) < 4.78 is 22.6. The van der Waals surface area contributed by atoms with Crippen LogP contribution >= 0.6 is 23.1 Å². The number of benzene rings is 3. The zero-order valence-corrected chi connectivity index (χ0v) is 43.6. The molecule has 0 spiro atoms. The number of thioether (sulfide) groups is 1. The van der Waals surface area contributed by atoms with E-state index in [0.717, 1.165) is 46.6 Å². The number of hydrogen-bond donors (Lipinski definition) is 4. The number of carbonyl (C=O) groups excluding carboxylic acids is 5. The number of allylic oxidation sites excluding steroid dienone is 1. The first kappa shape index (κ1) is 52.9. The van der Waals surface area contributed by atoms with Crippen molar-refractivity contribution in [3.63, 3.8) is 0 Å². The van der Waals surface area contributed by atoms with Crippen molar-refractivity contribution >= 4 is 69.9 Å². The first-order chi connectivity index (χ1) is 33.8. The van der Waals surface area contributed by atoms with E-state index >= 15 is 0 Å². The molecule has 3 aromatic carbocycles. The van der Waals surface area contributed by atoms with Crippen molar-refractivity contribution in [3.05, 3.63) is 117 Å². The van der Waals surface area contributed by atoms with Gasteiger partial charge in [-0.05, 0) is 95.9 Å². The molecule has 4 heterocycles. The van der Waals surface area contributed by atoms with E-state index < -0.39 is 63.8 Å². The number of rotatable bonds is 15. The smallest absolute Gasteiger partial charge is 0.413 e. The van der Waals surface area contributed by atoms with Crippen molar-refractivity contribution < 1.29 is 62.5 Å². The monoisotopic (exact) mass is 1030 g/mol. The maximum absolute atomic E-state index is 14.3. The number of likely N-dealkylation sites (N-methyl/N-ethyl adjacent to an activating group) is 1. The Balaban J connectivity index is 1.12. The molecule has 7 rings (SSSR count). The van der Waals surface area contributed by atoms with Gasteiger partial charge < -0.3 is 43.8 Å². The summed E-state index contributed by atoms with van der Waals surface area (Å²) in [5.41, 5.74) is 1.19. The molecule has 3 amide bonds. The summed E-state index contributed by atoms with van der Waals surface area (Å²) in [6.07, 6.45) is 3.64. The molecule has 20 heteroatoms. The number of methoxy groups -OCH3 is 1. The van der Waals surface area contributed by atoms with Gasteiger partial charge in [0.25, 0.3) is 11.8 Å². The van der Waals surface area contributed by atoms with Gasteiger partial charge in [-0.15, -0.1) is 23.1 Å². The lowest BCUT2D eigenvalue weighted by Gasteiger charge is -2.49. The Bertz CT molecular complexity index is 2830. The molecule has 3 aliphatic heterocycles. The standard InChI is InChI=1S/C52H60N6O12S2/c1-50(2,3)68-47(64)52(7,8)70-56-39(37-29-72-48(53-37)55-49(65)69-51(4,5)6)43(61)54-40-44(62)57-41(46(63)67-27-32-16-20-35(66-10)21-17-32)34(28-71-45(40)57)18-15-30-11-13-31(14-12-30)25-58(9)24-23-33-19-22-38(59)42(60)36(33)26-58/h11-22,29,40,45H,23-28H2,1-10H3,(H3-,53,54,55,56,59,60,61,65)/p+1/b18-15-/t40-,45-,58?/m1/s1. The number of oxime groups is 1. The van der Waals surface area contributed by atoms with Crippen molar-refractivity contribution in [2.24, 2.45) is 5.16 Å². The van der Waals surface area contributed by atoms with Crippen LogP contribution in [0.25, 0.3) is 6.08 Å². The fourth-order valence-electron chi connectivity index (χ4n) is 7.98. The fraction of sp³-hybridized carbons (Fsp3) is 0.404. The number of fused-ring (bicyclic) bond motifs is 2. The molecule has 4 N–H and O–H groups in total. The van der Waals surface area contributed by atoms with Gasteiger partial charge in [-0.3, -0.25) is 19.8 Å². The van der Waals surface area contributed by atoms with E-state index in [-0.39, 0.29) is 40.4 Å². The van der Waals surface area contributed by atoms with Crippen molar-refractivity contribution in [1.82, 2.24) is 15.2 Å². The normalized spacial score (nSPS) is 19.2. The second kappa shape index (κ2) is 21.1. The van der Waals surface area contributed by atoms with E-state index in [2.05, 4.69) is 27.8 Å². The topological polar surface area (TPSA) is 225 Å². The molecule has 0 saturated carbocycles. The minimum Gasteiger partial charge on any atom is -0.504 e. The van der Waals surface area contributed by atoms with Crippen LogP contribution in [-0.4, -0.2) is 115 Å². The van der Waals surface area contributed by atoms with E-state index in [0.29, 0.717) is 34.5 Å². The first-order valence-corrected chi connectivity index (χ1v) is 25.1. The van der Waals surface area contributed by atoms with E-state index in [1.807, 2.05) is 36.4 Å². The van der Waals surface area contributed by atoms with Crippen LogP contribution in [0.4, 0.5) is 9.93 Å². The summed E-state index contributed by atoms with van der Waals surface area (Å²) >= 11 is 2.31. The Kier molecular flexibility index (Phi) is 15.5. The Hall–Kier alpha value is -6.90. The molecule has 382 valence electrons. The molecule has 1 unspecified atom stereocenters. The summed E-state index contributed by atoms with van der Waals surface area (Å²) in [5.74, 6) is -2.26. The molecule has 72 heavy (non-hydrogen) atoms. The number of esters is 2. The number of phenolic OH excluding ortho intramolecular Hbond substituents is 2. The number of anilines is 1. The third kappa shape index (κ3) is 12.8. The second-order valence-electron chi connectivity index (χ2n) is 20.4. The summed E-state index contributed by atoms with van der Waals surface area (Å²) in [5, 5.41) is 30.9. The highest BCUT2D eigenvalue weighted by Gasteiger charge is 2.54. The quantitative estimate of drug-likeness (QED) is 0.0172. The number of carbonyl (C=O) groups is 5. The second-order valence-corrected chi connectivity index (χ2v) is 22.4. The molecular weight excluding hydrogens is 965 g/mol. The van der Waals surface area contributed by atoms with Gasteiger partial charge in [0.2, 0.25) is 5.60 Å². The Labute approximate surface area is 426 Å². The third-order valence-corrected chi connectivity index (χ3v) is 13.7. The van der Waals surface area contributed by atoms with Gasteiger partial charge >= 0.3 is 18.0 Å². The van der Waals surface area contributed by atoms with Crippen molar-refractivity contribution in [2.75, 3.05) is 31.8 Å². The molecule has 0 radical (unpaired) electrons. The predicted molar refractivity (Wildman–Crippen MR) is 272 cm³/mol. The number of β-lactam (4-membered cyclic amide) rings is 1. The van der Waals surface area contributed by atoms with E-state index in [1.165, 1.54) is 42.0 Å². The van der Waals surface area contributed by atoms with E-state index in [9.17, 15) is 34.2 Å². The summed E-state index contributed by atoms with van der Waals surface area (Å²) in [4.78, 5) is 79.7. The number of quaternary nitrogens is 1. The molecule has 3 aliphatic rings. The van der Waals surface area contributed by atoms with Crippen LogP contribution in [0.2, 0.25) is 0 Å². The number of nitrogens with zero attached hydrogens (tertiary/aromatic N) is 4. The van der Waals surface area contributed by atoms with Gasteiger partial charge in [0, 0.05) is 23.1 Å². The van der Waals surface area contributed by atoms with Crippen LogP contribution in [0.3, 0.4) is 0 Å². The molecule has 18 nitrogen and oxygen atoms in total. The van der Waals surface area contributed by atoms with Crippen LogP contribution in [0, 0.1) is 0 Å². The van der Waals surface area contributed by atoms with Crippen molar-refractivity contribution in [2.45, 2.75) is 110 Å². The molecule has 1 aromatic heterocycles. The molecular formula is C52H61N6O12S2+. The Morgan fingerprint density at radius 3 is 2.26 bits per heavy atom. The lowest BCUT2D eigenvalue weighted by atomic mass is 9.96. The number of aromatic hydroxyl groups is 2. The Morgan fingerprint density at radius 1 is 0.917 bits per heavy atom. The number of ether oxygens (including phenoxy) is 4. The number of aromatic nitrogens is 1. The lowest BCUT2D eigenvalue weighted by molar-refractivity contribution is -0.937. The number of amides is 3. The van der Waals surface area contributed by atoms with Crippen molar-refractivity contribution in [1.29, 1.82) is 0 Å². The SMILES string of the molecule is COc1ccc(COC(=O)C2=C(/C=C\c3ccc(C[N+]4(C)CCc5ccc(O)c(O)c5C4)cc3)CS[C@@H]3[C@H](NC(=O)/C(=N\OC(C)(C)C(=O)OC(C)(C)C)c4csc(NC(=O)OC(C)(C)C)n4)C(=O)N23)cc1. The number of phenols is 2. The number of nitrogens with one attached hydrogen (secondary N) is 2. The molecule has 1 fully saturated rings. The summed E-state index contributed by atoms with van der Waals surface area (Å²) in [6.45, 7) is 15.1. The molecule has 1 saturated heterocycles. The van der Waals surface area contributed by atoms with E-state index in [4.69, 9.17) is 23.8 Å². The molecule has 0 aliphatic carbocycles. The van der Waals surface area contributed by atoms with Crippen LogP contribution in [0.15, 0.2) is 88.5 Å². The van der Waals surface area contributed by atoms with Crippen LogP contribution < -0.4 is 15.4 Å². The molecule has 4 aromatic rings. The van der Waals surface area contributed by atoms with Gasteiger partial charge in [-0.1, -0.05) is 59.8 Å². The number of hydrogen-bond acceptors (Lipinski definition) is 16. The molecule has 3 atom stereocenters. The third-order valence-electron chi connectivity index (χ3n) is 11.7. The minimum atomic E-state index is -1.68. The summed E-state index contributed by atoms with van der Waals surface area (Å²) in [6, 6.07) is 17.3. The fourth-order valence-corrected chi connectivity index (χ4v) is 9.98. The van der Waals surface area contributed by atoms with Crippen molar-refractivity contribution in [3.8, 4) is 17.2 Å².